The molecule has 0 radical (unpaired) electrons. The maximum absolute atomic E-state index is 12.1. The molecule has 2 nitrogen and oxygen atoms in total. The second-order valence-corrected chi connectivity index (χ2v) is 5.18. The van der Waals surface area contributed by atoms with E-state index in [0.29, 0.717) is 11.6 Å². The van der Waals surface area contributed by atoms with E-state index < -0.39 is 6.36 Å². The van der Waals surface area contributed by atoms with Gasteiger partial charge in [-0.1, -0.05) is 0 Å². The van der Waals surface area contributed by atoms with Crippen molar-refractivity contribution < 1.29 is 22.6 Å². The molecule has 0 aliphatic heterocycles. The number of halogens is 5. The standard InChI is InChI=1S/C11H9BrClF3O2/c12-8-5-7(17-10(6-13)3-4-10)1-2-9(8)18-11(14,15)16/h1-2,5H,3-4,6H2. The van der Waals surface area contributed by atoms with Crippen LogP contribution in [0.4, 0.5) is 13.2 Å². The van der Waals surface area contributed by atoms with Crippen LogP contribution in [-0.4, -0.2) is 17.8 Å². The number of benzene rings is 1. The van der Waals surface area contributed by atoms with E-state index in [1.165, 1.54) is 18.2 Å². The normalized spacial score (nSPS) is 17.4. The van der Waals surface area contributed by atoms with Crippen LogP contribution < -0.4 is 9.47 Å². The number of alkyl halides is 4. The molecule has 0 N–H and O–H groups in total. The maximum atomic E-state index is 12.1. The molecule has 1 aliphatic rings. The molecule has 0 aromatic heterocycles. The Labute approximate surface area is 115 Å². The van der Waals surface area contributed by atoms with Crippen LogP contribution >= 0.6 is 27.5 Å². The fourth-order valence-electron chi connectivity index (χ4n) is 1.40. The molecule has 0 amide bonds. The summed E-state index contributed by atoms with van der Waals surface area (Å²) in [5, 5.41) is 0. The van der Waals surface area contributed by atoms with E-state index in [1.54, 1.807) is 0 Å². The molecule has 18 heavy (non-hydrogen) atoms. The first kappa shape index (κ1) is 13.8. The van der Waals surface area contributed by atoms with E-state index in [1.807, 2.05) is 0 Å². The van der Waals surface area contributed by atoms with Crippen molar-refractivity contribution in [3.8, 4) is 11.5 Å². The minimum atomic E-state index is -4.71. The lowest BCUT2D eigenvalue weighted by Crippen LogP contribution is -2.20. The maximum Gasteiger partial charge on any atom is 0.573 e. The lowest BCUT2D eigenvalue weighted by molar-refractivity contribution is -0.274. The molecule has 2 rings (SSSR count). The highest BCUT2D eigenvalue weighted by atomic mass is 79.9. The summed E-state index contributed by atoms with van der Waals surface area (Å²) in [6.45, 7) is 0. The van der Waals surface area contributed by atoms with E-state index >= 15 is 0 Å². The van der Waals surface area contributed by atoms with Gasteiger partial charge in [-0.3, -0.25) is 0 Å². The molecule has 100 valence electrons. The first-order chi connectivity index (χ1) is 8.34. The predicted octanol–water partition coefficient (Wildman–Crippen LogP) is 4.50. The van der Waals surface area contributed by atoms with E-state index in [0.717, 1.165) is 12.8 Å². The third kappa shape index (κ3) is 3.45. The Morgan fingerprint density at radius 1 is 1.33 bits per heavy atom. The monoisotopic (exact) mass is 344 g/mol. The third-order valence-corrected chi connectivity index (χ3v) is 3.62. The van der Waals surface area contributed by atoms with Gasteiger partial charge in [0.05, 0.1) is 10.4 Å². The Bertz CT molecular complexity index is 446. The van der Waals surface area contributed by atoms with Gasteiger partial charge >= 0.3 is 6.36 Å². The first-order valence-electron chi connectivity index (χ1n) is 5.14. The second-order valence-electron chi connectivity index (χ2n) is 4.06. The van der Waals surface area contributed by atoms with Crippen molar-refractivity contribution in [2.24, 2.45) is 0 Å². The highest BCUT2D eigenvalue weighted by molar-refractivity contribution is 9.10. The molecule has 7 heteroatoms. The van der Waals surface area contributed by atoms with Crippen molar-refractivity contribution in [1.82, 2.24) is 0 Å². The van der Waals surface area contributed by atoms with Gasteiger partial charge < -0.3 is 9.47 Å². The highest BCUT2D eigenvalue weighted by Gasteiger charge is 2.44. The predicted molar refractivity (Wildman–Crippen MR) is 64.1 cm³/mol. The van der Waals surface area contributed by atoms with Gasteiger partial charge in [0.2, 0.25) is 0 Å². The quantitative estimate of drug-likeness (QED) is 0.748. The van der Waals surface area contributed by atoms with Crippen LogP contribution in [0.3, 0.4) is 0 Å². The van der Waals surface area contributed by atoms with E-state index in [2.05, 4.69) is 20.7 Å². The molecular weight excluding hydrogens is 336 g/mol. The Balaban J connectivity index is 2.10. The first-order valence-corrected chi connectivity index (χ1v) is 6.47. The van der Waals surface area contributed by atoms with Crippen molar-refractivity contribution >= 4 is 27.5 Å². The van der Waals surface area contributed by atoms with Crippen molar-refractivity contribution in [2.45, 2.75) is 24.8 Å². The Kier molecular flexibility index (Phi) is 3.69. The smallest absolute Gasteiger partial charge is 0.486 e. The van der Waals surface area contributed by atoms with Crippen LogP contribution in [0.2, 0.25) is 0 Å². The summed E-state index contributed by atoms with van der Waals surface area (Å²) in [5.74, 6) is 0.533. The van der Waals surface area contributed by atoms with Gasteiger partial charge in [0.15, 0.2) is 0 Å². The number of hydrogen-bond acceptors (Lipinski definition) is 2. The zero-order valence-electron chi connectivity index (χ0n) is 9.06. The van der Waals surface area contributed by atoms with Crippen molar-refractivity contribution in [3.05, 3.63) is 22.7 Å². The number of ether oxygens (including phenoxy) is 2. The van der Waals surface area contributed by atoms with Crippen molar-refractivity contribution in [1.29, 1.82) is 0 Å². The number of hydrogen-bond donors (Lipinski definition) is 0. The summed E-state index contributed by atoms with van der Waals surface area (Å²) < 4.78 is 45.8. The Hall–Kier alpha value is -0.620. The Morgan fingerprint density at radius 2 is 2.00 bits per heavy atom. The highest BCUT2D eigenvalue weighted by Crippen LogP contribution is 2.42. The van der Waals surface area contributed by atoms with Crippen LogP contribution in [0.15, 0.2) is 22.7 Å². The van der Waals surface area contributed by atoms with Gasteiger partial charge in [-0.25, -0.2) is 0 Å². The summed E-state index contributed by atoms with van der Waals surface area (Å²) in [5.41, 5.74) is -0.354. The molecule has 1 saturated carbocycles. The molecule has 1 aromatic rings. The summed E-state index contributed by atoms with van der Waals surface area (Å²) in [6.07, 6.45) is -3.00. The molecular formula is C11H9BrClF3O2. The lowest BCUT2D eigenvalue weighted by Gasteiger charge is -2.16. The van der Waals surface area contributed by atoms with Gasteiger partial charge in [0, 0.05) is 0 Å². The third-order valence-electron chi connectivity index (χ3n) is 2.51. The largest absolute Gasteiger partial charge is 0.573 e. The molecule has 0 saturated heterocycles. The minimum absolute atomic E-state index is 0.183. The van der Waals surface area contributed by atoms with Crippen molar-refractivity contribution in [2.75, 3.05) is 5.88 Å². The molecule has 0 atom stereocenters. The molecule has 0 unspecified atom stereocenters. The minimum Gasteiger partial charge on any atom is -0.486 e. The molecule has 1 aliphatic carbocycles. The molecule has 0 heterocycles. The van der Waals surface area contributed by atoms with Gasteiger partial charge in [-0.05, 0) is 47.0 Å². The Morgan fingerprint density at radius 3 is 2.44 bits per heavy atom. The van der Waals surface area contributed by atoms with Gasteiger partial charge in [-0.2, -0.15) is 0 Å². The van der Waals surface area contributed by atoms with Crippen molar-refractivity contribution in [3.63, 3.8) is 0 Å². The van der Waals surface area contributed by atoms with Crippen LogP contribution in [0.1, 0.15) is 12.8 Å². The zero-order chi connectivity index (χ0) is 13.4. The summed E-state index contributed by atoms with van der Waals surface area (Å²) in [6, 6.07) is 4.07. The van der Waals surface area contributed by atoms with Gasteiger partial charge in [0.25, 0.3) is 0 Å². The fourth-order valence-corrected chi connectivity index (χ4v) is 2.17. The zero-order valence-corrected chi connectivity index (χ0v) is 11.4. The van der Waals surface area contributed by atoms with Crippen LogP contribution in [0, 0.1) is 0 Å². The summed E-state index contributed by atoms with van der Waals surface area (Å²) in [4.78, 5) is 0. The van der Waals surface area contributed by atoms with E-state index in [4.69, 9.17) is 16.3 Å². The van der Waals surface area contributed by atoms with Crippen LogP contribution in [0.5, 0.6) is 11.5 Å². The van der Waals surface area contributed by atoms with Gasteiger partial charge in [0.1, 0.15) is 17.1 Å². The molecule has 0 spiro atoms. The number of rotatable bonds is 4. The van der Waals surface area contributed by atoms with E-state index in [9.17, 15) is 13.2 Å². The van der Waals surface area contributed by atoms with Crippen LogP contribution in [-0.2, 0) is 0 Å². The SMILES string of the molecule is FC(F)(F)Oc1ccc(OC2(CCl)CC2)cc1Br. The van der Waals surface area contributed by atoms with Crippen LogP contribution in [0.25, 0.3) is 0 Å². The topological polar surface area (TPSA) is 18.5 Å². The molecule has 1 aromatic carbocycles. The molecule has 1 fully saturated rings. The summed E-state index contributed by atoms with van der Waals surface area (Å²) >= 11 is 8.77. The summed E-state index contributed by atoms with van der Waals surface area (Å²) in [7, 11) is 0. The molecule has 0 bridgehead atoms. The lowest BCUT2D eigenvalue weighted by atomic mass is 10.3. The van der Waals surface area contributed by atoms with E-state index in [-0.39, 0.29) is 15.8 Å². The average Bonchev–Trinajstić information content (AvgIpc) is 3.01. The average molecular weight is 346 g/mol. The second kappa shape index (κ2) is 4.81. The fraction of sp³-hybridized carbons (Fsp3) is 0.455. The van der Waals surface area contributed by atoms with Gasteiger partial charge in [-0.15, -0.1) is 24.8 Å².